The van der Waals surface area contributed by atoms with E-state index in [4.69, 9.17) is 10.5 Å². The largest absolute Gasteiger partial charge is 0.378 e. The van der Waals surface area contributed by atoms with Gasteiger partial charge >= 0.3 is 0 Å². The molecule has 0 spiro atoms. The molecule has 126 valence electrons. The van der Waals surface area contributed by atoms with E-state index in [1.165, 1.54) is 56.1 Å². The smallest absolute Gasteiger partial charge is 0.193 e. The molecule has 0 amide bonds. The second-order valence-corrected chi connectivity index (χ2v) is 6.67. The second kappa shape index (κ2) is 8.34. The number of fused-ring (bicyclic) bond motifs is 1. The fourth-order valence-electron chi connectivity index (χ4n) is 3.65. The molecule has 0 aromatic heterocycles. The van der Waals surface area contributed by atoms with E-state index < -0.39 is 0 Å². The van der Waals surface area contributed by atoms with Gasteiger partial charge in [-0.25, -0.2) is 0 Å². The minimum Gasteiger partial charge on any atom is -0.378 e. The minimum atomic E-state index is 0.491. The lowest BCUT2D eigenvalue weighted by Crippen LogP contribution is -2.24. The van der Waals surface area contributed by atoms with Crippen LogP contribution in [0.3, 0.4) is 0 Å². The molecule has 0 saturated heterocycles. The van der Waals surface area contributed by atoms with Gasteiger partial charge in [0.05, 0.1) is 6.10 Å². The van der Waals surface area contributed by atoms with Crippen molar-refractivity contribution in [2.24, 2.45) is 10.7 Å². The molecule has 2 aliphatic carbocycles. The van der Waals surface area contributed by atoms with Gasteiger partial charge in [0.15, 0.2) is 5.96 Å². The summed E-state index contributed by atoms with van der Waals surface area (Å²) in [6, 6.07) is 6.44. The van der Waals surface area contributed by atoms with Crippen molar-refractivity contribution in [2.45, 2.75) is 63.9 Å². The van der Waals surface area contributed by atoms with Crippen LogP contribution in [0.5, 0.6) is 0 Å². The van der Waals surface area contributed by atoms with Crippen molar-refractivity contribution in [1.82, 2.24) is 0 Å². The number of guanidine groups is 1. The number of anilines is 1. The van der Waals surface area contributed by atoms with Crippen LogP contribution in [-0.4, -0.2) is 25.2 Å². The van der Waals surface area contributed by atoms with E-state index in [1.54, 1.807) is 0 Å². The molecule has 4 heteroatoms. The molecule has 1 saturated carbocycles. The van der Waals surface area contributed by atoms with Crippen molar-refractivity contribution >= 4 is 11.6 Å². The van der Waals surface area contributed by atoms with Crippen LogP contribution in [0.15, 0.2) is 23.2 Å². The summed E-state index contributed by atoms with van der Waals surface area (Å²) in [7, 11) is 0. The Balaban J connectivity index is 1.44. The first kappa shape index (κ1) is 16.3. The summed E-state index contributed by atoms with van der Waals surface area (Å²) in [5.41, 5.74) is 10.0. The summed E-state index contributed by atoms with van der Waals surface area (Å²) in [5.74, 6) is 0.518. The third kappa shape index (κ3) is 4.71. The fraction of sp³-hybridized carbons (Fsp3) is 0.632. The molecule has 1 aromatic rings. The van der Waals surface area contributed by atoms with Gasteiger partial charge in [-0.1, -0.05) is 25.0 Å². The quantitative estimate of drug-likeness (QED) is 0.479. The zero-order chi connectivity index (χ0) is 15.9. The standard InChI is InChI=1S/C19H29N3O/c20-19(21-13-6-14-23-16-9-2-3-10-16)22-18-12-5-8-15-7-1-4-11-17(15)18/h5,8,12,16H,1-4,6-7,9-11,13-14H2,(H3,20,21,22). The number of rotatable bonds is 6. The maximum absolute atomic E-state index is 6.04. The van der Waals surface area contributed by atoms with Crippen LogP contribution in [0.1, 0.15) is 56.1 Å². The van der Waals surface area contributed by atoms with Crippen molar-refractivity contribution in [3.63, 3.8) is 0 Å². The average molecular weight is 315 g/mol. The lowest BCUT2D eigenvalue weighted by Gasteiger charge is -2.19. The van der Waals surface area contributed by atoms with Crippen LogP contribution in [-0.2, 0) is 17.6 Å². The van der Waals surface area contributed by atoms with Crippen molar-refractivity contribution in [1.29, 1.82) is 0 Å². The van der Waals surface area contributed by atoms with Gasteiger partial charge in [0.1, 0.15) is 0 Å². The van der Waals surface area contributed by atoms with Gasteiger partial charge in [-0.3, -0.25) is 4.99 Å². The van der Waals surface area contributed by atoms with Gasteiger partial charge in [-0.05, 0) is 62.1 Å². The highest BCUT2D eigenvalue weighted by atomic mass is 16.5. The first-order valence-electron chi connectivity index (χ1n) is 9.12. The van der Waals surface area contributed by atoms with Crippen LogP contribution in [0.2, 0.25) is 0 Å². The zero-order valence-corrected chi connectivity index (χ0v) is 14.0. The van der Waals surface area contributed by atoms with Gasteiger partial charge in [0, 0.05) is 18.8 Å². The van der Waals surface area contributed by atoms with Gasteiger partial charge in [0.25, 0.3) is 0 Å². The second-order valence-electron chi connectivity index (χ2n) is 6.67. The van der Waals surface area contributed by atoms with Crippen LogP contribution in [0.4, 0.5) is 5.69 Å². The van der Waals surface area contributed by atoms with Gasteiger partial charge < -0.3 is 15.8 Å². The molecule has 1 fully saturated rings. The number of nitrogens with one attached hydrogen (secondary N) is 1. The molecule has 1 aromatic carbocycles. The number of nitrogens with two attached hydrogens (primary N) is 1. The summed E-state index contributed by atoms with van der Waals surface area (Å²) in [6.07, 6.45) is 11.4. The predicted molar refractivity (Wildman–Crippen MR) is 96.0 cm³/mol. The van der Waals surface area contributed by atoms with Crippen molar-refractivity contribution in [2.75, 3.05) is 18.5 Å². The molecule has 4 nitrogen and oxygen atoms in total. The van der Waals surface area contributed by atoms with Crippen molar-refractivity contribution in [3.8, 4) is 0 Å². The lowest BCUT2D eigenvalue weighted by atomic mass is 9.90. The Labute approximate surface area is 139 Å². The summed E-state index contributed by atoms with van der Waals surface area (Å²) >= 11 is 0. The topological polar surface area (TPSA) is 59.6 Å². The number of hydrogen-bond acceptors (Lipinski definition) is 2. The van der Waals surface area contributed by atoms with E-state index in [-0.39, 0.29) is 0 Å². The summed E-state index contributed by atoms with van der Waals surface area (Å²) in [5, 5.41) is 3.29. The van der Waals surface area contributed by atoms with E-state index in [0.717, 1.165) is 31.7 Å². The number of aliphatic imine (C=N–C) groups is 1. The molecule has 0 aliphatic heterocycles. The molecule has 0 unspecified atom stereocenters. The molecule has 0 atom stereocenters. The Kier molecular flexibility index (Phi) is 5.92. The molecule has 0 radical (unpaired) electrons. The maximum atomic E-state index is 6.04. The highest BCUT2D eigenvalue weighted by Crippen LogP contribution is 2.27. The summed E-state index contributed by atoms with van der Waals surface area (Å²) in [6.45, 7) is 1.52. The van der Waals surface area contributed by atoms with Gasteiger partial charge in [0.2, 0.25) is 0 Å². The molecular weight excluding hydrogens is 286 g/mol. The number of benzene rings is 1. The Bertz CT molecular complexity index is 535. The normalized spacial score (nSPS) is 18.9. The Hall–Kier alpha value is -1.55. The molecule has 0 bridgehead atoms. The lowest BCUT2D eigenvalue weighted by molar-refractivity contribution is 0.0579. The van der Waals surface area contributed by atoms with E-state index in [9.17, 15) is 0 Å². The van der Waals surface area contributed by atoms with Crippen molar-refractivity contribution in [3.05, 3.63) is 29.3 Å². The molecular formula is C19H29N3O. The maximum Gasteiger partial charge on any atom is 0.193 e. The average Bonchev–Trinajstić information content (AvgIpc) is 3.08. The summed E-state index contributed by atoms with van der Waals surface area (Å²) < 4.78 is 5.85. The Morgan fingerprint density at radius 3 is 2.87 bits per heavy atom. The van der Waals surface area contributed by atoms with Crippen LogP contribution in [0, 0.1) is 0 Å². The highest BCUT2D eigenvalue weighted by molar-refractivity contribution is 5.93. The third-order valence-electron chi connectivity index (χ3n) is 4.90. The first-order valence-corrected chi connectivity index (χ1v) is 9.12. The van der Waals surface area contributed by atoms with Crippen molar-refractivity contribution < 1.29 is 4.74 Å². The van der Waals surface area contributed by atoms with E-state index >= 15 is 0 Å². The number of aryl methyl sites for hydroxylation is 1. The van der Waals surface area contributed by atoms with E-state index in [0.29, 0.717) is 12.1 Å². The summed E-state index contributed by atoms with van der Waals surface area (Å²) in [4.78, 5) is 4.44. The van der Waals surface area contributed by atoms with E-state index in [1.807, 2.05) is 0 Å². The monoisotopic (exact) mass is 315 g/mol. The van der Waals surface area contributed by atoms with E-state index in [2.05, 4.69) is 28.5 Å². The Morgan fingerprint density at radius 1 is 1.17 bits per heavy atom. The number of hydrogen-bond donors (Lipinski definition) is 2. The highest BCUT2D eigenvalue weighted by Gasteiger charge is 2.15. The zero-order valence-electron chi connectivity index (χ0n) is 14.0. The SMILES string of the molecule is NC(=NCCCOC1CCCC1)Nc1cccc2c1CCCC2. The number of ether oxygens (including phenoxy) is 1. The molecule has 23 heavy (non-hydrogen) atoms. The molecule has 0 heterocycles. The molecule has 3 rings (SSSR count). The van der Waals surface area contributed by atoms with Gasteiger partial charge in [-0.2, -0.15) is 0 Å². The first-order chi connectivity index (χ1) is 11.3. The van der Waals surface area contributed by atoms with Crippen LogP contribution < -0.4 is 11.1 Å². The van der Waals surface area contributed by atoms with Gasteiger partial charge in [-0.15, -0.1) is 0 Å². The van der Waals surface area contributed by atoms with Crippen LogP contribution in [0.25, 0.3) is 0 Å². The number of nitrogens with zero attached hydrogens (tertiary/aromatic N) is 1. The molecule has 3 N–H and O–H groups in total. The van der Waals surface area contributed by atoms with Crippen LogP contribution >= 0.6 is 0 Å². The Morgan fingerprint density at radius 2 is 2.00 bits per heavy atom. The minimum absolute atomic E-state index is 0.491. The molecule has 2 aliphatic rings. The third-order valence-corrected chi connectivity index (χ3v) is 4.90. The predicted octanol–water partition coefficient (Wildman–Crippen LogP) is 3.64. The fourth-order valence-corrected chi connectivity index (χ4v) is 3.65.